The maximum Gasteiger partial charge on any atom is 0.307 e. The van der Waals surface area contributed by atoms with Crippen LogP contribution in [0.4, 0.5) is 11.4 Å². The smallest absolute Gasteiger partial charge is 0.307 e. The van der Waals surface area contributed by atoms with Crippen molar-refractivity contribution in [3.05, 3.63) is 81.1 Å². The van der Waals surface area contributed by atoms with Crippen LogP contribution >= 0.6 is 11.6 Å². The quantitative estimate of drug-likeness (QED) is 0.513. The molecule has 138 valence electrons. The standard InChI is InChI=1S/C18H15ClN4O4/c1-27-17-7-6-13(8-16(17)19)21-18(24)15-5-3-2-4-12(15)10-22-11-14(9-20-22)23(25)26/h2-9,11H,10H2,1H3,(H,21,24). The molecule has 0 aliphatic rings. The Bertz CT molecular complexity index is 1000. The average molecular weight is 387 g/mol. The first kappa shape index (κ1) is 18.4. The number of benzene rings is 2. The fourth-order valence-electron chi connectivity index (χ4n) is 2.53. The Labute approximate surface area is 159 Å². The van der Waals surface area contributed by atoms with Crippen molar-refractivity contribution < 1.29 is 14.5 Å². The minimum atomic E-state index is -0.518. The highest BCUT2D eigenvalue weighted by atomic mass is 35.5. The van der Waals surface area contributed by atoms with E-state index in [0.717, 1.165) is 0 Å². The number of nitrogens with one attached hydrogen (secondary N) is 1. The van der Waals surface area contributed by atoms with E-state index in [1.807, 2.05) is 0 Å². The van der Waals surface area contributed by atoms with E-state index in [1.165, 1.54) is 24.2 Å². The second-order valence-electron chi connectivity index (χ2n) is 5.61. The molecule has 1 amide bonds. The summed E-state index contributed by atoms with van der Waals surface area (Å²) in [7, 11) is 1.51. The Morgan fingerprint density at radius 1 is 1.33 bits per heavy atom. The van der Waals surface area contributed by atoms with E-state index in [9.17, 15) is 14.9 Å². The van der Waals surface area contributed by atoms with E-state index in [0.29, 0.717) is 27.6 Å². The zero-order valence-corrected chi connectivity index (χ0v) is 15.0. The van der Waals surface area contributed by atoms with E-state index in [2.05, 4.69) is 10.4 Å². The van der Waals surface area contributed by atoms with Crippen molar-refractivity contribution in [1.29, 1.82) is 0 Å². The Morgan fingerprint density at radius 2 is 2.11 bits per heavy atom. The number of rotatable bonds is 6. The summed E-state index contributed by atoms with van der Waals surface area (Å²) in [5.74, 6) is 0.184. The number of hydrogen-bond acceptors (Lipinski definition) is 5. The topological polar surface area (TPSA) is 99.3 Å². The molecule has 9 heteroatoms. The van der Waals surface area contributed by atoms with Gasteiger partial charge in [0.15, 0.2) is 0 Å². The Kier molecular flexibility index (Phi) is 5.37. The van der Waals surface area contributed by atoms with Crippen LogP contribution in [0.5, 0.6) is 5.75 Å². The monoisotopic (exact) mass is 386 g/mol. The lowest BCUT2D eigenvalue weighted by atomic mass is 10.1. The molecular formula is C18H15ClN4O4. The van der Waals surface area contributed by atoms with Gasteiger partial charge >= 0.3 is 5.69 Å². The number of methoxy groups -OCH3 is 1. The molecule has 0 saturated heterocycles. The number of carbonyl (C=O) groups excluding carboxylic acids is 1. The molecule has 8 nitrogen and oxygen atoms in total. The molecule has 1 heterocycles. The molecule has 1 aromatic heterocycles. The summed E-state index contributed by atoms with van der Waals surface area (Å²) in [6.45, 7) is 0.223. The van der Waals surface area contributed by atoms with E-state index >= 15 is 0 Å². The highest BCUT2D eigenvalue weighted by molar-refractivity contribution is 6.32. The second kappa shape index (κ2) is 7.88. The summed E-state index contributed by atoms with van der Waals surface area (Å²) < 4.78 is 6.50. The number of halogens is 1. The molecule has 3 aromatic rings. The Balaban J connectivity index is 1.81. The number of carbonyl (C=O) groups is 1. The van der Waals surface area contributed by atoms with Crippen LogP contribution in [0, 0.1) is 10.1 Å². The van der Waals surface area contributed by atoms with Crippen molar-refractivity contribution in [3.63, 3.8) is 0 Å². The lowest BCUT2D eigenvalue weighted by Gasteiger charge is -2.11. The number of hydrogen-bond donors (Lipinski definition) is 1. The summed E-state index contributed by atoms with van der Waals surface area (Å²) in [5.41, 5.74) is 1.52. The van der Waals surface area contributed by atoms with Crippen LogP contribution in [-0.4, -0.2) is 27.7 Å². The van der Waals surface area contributed by atoms with Crippen LogP contribution in [0.1, 0.15) is 15.9 Å². The molecule has 2 aromatic carbocycles. The number of anilines is 1. The first-order valence-corrected chi connectivity index (χ1v) is 8.25. The average Bonchev–Trinajstić information content (AvgIpc) is 3.11. The molecule has 0 atom stereocenters. The van der Waals surface area contributed by atoms with Gasteiger partial charge in [-0.05, 0) is 29.8 Å². The Hall–Kier alpha value is -3.39. The van der Waals surface area contributed by atoms with Crippen LogP contribution in [0.15, 0.2) is 54.9 Å². The van der Waals surface area contributed by atoms with Crippen molar-refractivity contribution >= 4 is 28.9 Å². The first-order chi connectivity index (χ1) is 13.0. The zero-order chi connectivity index (χ0) is 19.4. The number of nitrogens with zero attached hydrogens (tertiary/aromatic N) is 3. The van der Waals surface area contributed by atoms with Crippen LogP contribution in [-0.2, 0) is 6.54 Å². The van der Waals surface area contributed by atoms with E-state index in [-0.39, 0.29) is 18.1 Å². The third-order valence-corrected chi connectivity index (χ3v) is 4.13. The van der Waals surface area contributed by atoms with Crippen LogP contribution in [0.3, 0.4) is 0 Å². The van der Waals surface area contributed by atoms with Crippen molar-refractivity contribution in [2.45, 2.75) is 6.54 Å². The van der Waals surface area contributed by atoms with Gasteiger partial charge < -0.3 is 10.1 Å². The molecule has 27 heavy (non-hydrogen) atoms. The van der Waals surface area contributed by atoms with E-state index < -0.39 is 4.92 Å². The maximum atomic E-state index is 12.7. The van der Waals surface area contributed by atoms with Gasteiger partial charge in [-0.3, -0.25) is 19.6 Å². The molecule has 0 spiro atoms. The maximum absolute atomic E-state index is 12.7. The molecule has 3 rings (SSSR count). The van der Waals surface area contributed by atoms with Gasteiger partial charge in [0, 0.05) is 11.3 Å². The minimum Gasteiger partial charge on any atom is -0.495 e. The third kappa shape index (κ3) is 4.24. The van der Waals surface area contributed by atoms with E-state index in [1.54, 1.807) is 42.5 Å². The number of ether oxygens (including phenoxy) is 1. The zero-order valence-electron chi connectivity index (χ0n) is 14.3. The minimum absolute atomic E-state index is 0.107. The number of amides is 1. The summed E-state index contributed by atoms with van der Waals surface area (Å²) >= 11 is 6.08. The number of nitro groups is 1. The SMILES string of the molecule is COc1ccc(NC(=O)c2ccccc2Cn2cc([N+](=O)[O-])cn2)cc1Cl. The fourth-order valence-corrected chi connectivity index (χ4v) is 2.79. The third-order valence-electron chi connectivity index (χ3n) is 3.83. The predicted molar refractivity (Wildman–Crippen MR) is 100 cm³/mol. The van der Waals surface area contributed by atoms with Crippen molar-refractivity contribution in [2.75, 3.05) is 12.4 Å². The lowest BCUT2D eigenvalue weighted by molar-refractivity contribution is -0.385. The van der Waals surface area contributed by atoms with Crippen LogP contribution < -0.4 is 10.1 Å². The first-order valence-electron chi connectivity index (χ1n) is 7.87. The highest BCUT2D eigenvalue weighted by Gasteiger charge is 2.14. The largest absolute Gasteiger partial charge is 0.495 e. The van der Waals surface area contributed by atoms with Gasteiger partial charge in [-0.1, -0.05) is 29.8 Å². The fraction of sp³-hybridized carbons (Fsp3) is 0.111. The summed E-state index contributed by atoms with van der Waals surface area (Å²) in [4.78, 5) is 22.9. The summed E-state index contributed by atoms with van der Waals surface area (Å²) in [6.07, 6.45) is 2.49. The van der Waals surface area contributed by atoms with Crippen molar-refractivity contribution in [2.24, 2.45) is 0 Å². The molecule has 0 bridgehead atoms. The normalized spacial score (nSPS) is 10.4. The van der Waals surface area contributed by atoms with Gasteiger partial charge in [0.05, 0.1) is 23.6 Å². The molecule has 0 saturated carbocycles. The molecule has 0 fully saturated rings. The van der Waals surface area contributed by atoms with Crippen molar-refractivity contribution in [3.8, 4) is 5.75 Å². The van der Waals surface area contributed by atoms with Gasteiger partial charge in [0.1, 0.15) is 18.1 Å². The molecule has 0 aliphatic heterocycles. The molecule has 0 aliphatic carbocycles. The van der Waals surface area contributed by atoms with Gasteiger partial charge in [0.2, 0.25) is 0 Å². The second-order valence-corrected chi connectivity index (χ2v) is 6.02. The highest BCUT2D eigenvalue weighted by Crippen LogP contribution is 2.27. The van der Waals surface area contributed by atoms with Crippen molar-refractivity contribution in [1.82, 2.24) is 9.78 Å². The molecule has 0 unspecified atom stereocenters. The predicted octanol–water partition coefficient (Wildman–Crippen LogP) is 3.75. The van der Waals surface area contributed by atoms with Crippen LogP contribution in [0.2, 0.25) is 5.02 Å². The summed E-state index contributed by atoms with van der Waals surface area (Å²) in [5, 5.41) is 17.9. The molecule has 1 N–H and O–H groups in total. The number of aromatic nitrogens is 2. The van der Waals surface area contributed by atoms with Gasteiger partial charge in [-0.2, -0.15) is 5.10 Å². The Morgan fingerprint density at radius 3 is 2.78 bits per heavy atom. The van der Waals surface area contributed by atoms with Crippen LogP contribution in [0.25, 0.3) is 0 Å². The van der Waals surface area contributed by atoms with E-state index in [4.69, 9.17) is 16.3 Å². The van der Waals surface area contributed by atoms with Gasteiger partial charge in [0.25, 0.3) is 5.91 Å². The molecular weight excluding hydrogens is 372 g/mol. The van der Waals surface area contributed by atoms with Gasteiger partial charge in [-0.25, -0.2) is 0 Å². The lowest BCUT2D eigenvalue weighted by Crippen LogP contribution is -2.15. The molecule has 0 radical (unpaired) electrons. The van der Waals surface area contributed by atoms with Gasteiger partial charge in [-0.15, -0.1) is 0 Å². The summed E-state index contributed by atoms with van der Waals surface area (Å²) in [6, 6.07) is 11.9.